The van der Waals surface area contributed by atoms with Gasteiger partial charge in [-0.3, -0.25) is 16.0 Å². The minimum Gasteiger partial charge on any atom is -0.271 e. The zero-order valence-electron chi connectivity index (χ0n) is 13.5. The van der Waals surface area contributed by atoms with Crippen LogP contribution < -0.4 is 11.3 Å². The molecule has 3 N–H and O–H groups in total. The number of fused-ring (bicyclic) bond motifs is 2. The fourth-order valence-corrected chi connectivity index (χ4v) is 4.41. The number of aromatic nitrogens is 2. The number of hydrazine groups is 1. The van der Waals surface area contributed by atoms with Crippen LogP contribution in [0.4, 0.5) is 0 Å². The van der Waals surface area contributed by atoms with Gasteiger partial charge in [0.05, 0.1) is 5.69 Å². The summed E-state index contributed by atoms with van der Waals surface area (Å²) < 4.78 is 2.08. The molecule has 1 aromatic heterocycles. The summed E-state index contributed by atoms with van der Waals surface area (Å²) in [6.07, 6.45) is 11.2. The smallest absolute Gasteiger partial charge is 0.0640 e. The predicted molar refractivity (Wildman–Crippen MR) is 85.6 cm³/mol. The molecule has 2 saturated carbocycles. The Labute approximate surface area is 128 Å². The lowest BCUT2D eigenvalue weighted by atomic mass is 9.83. The lowest BCUT2D eigenvalue weighted by Crippen LogP contribution is -2.39. The van der Waals surface area contributed by atoms with E-state index in [1.165, 1.54) is 37.8 Å². The predicted octanol–water partition coefficient (Wildman–Crippen LogP) is 3.05. The summed E-state index contributed by atoms with van der Waals surface area (Å²) in [6.45, 7) is 4.41. The number of rotatable bonds is 7. The first kappa shape index (κ1) is 15.0. The van der Waals surface area contributed by atoms with Gasteiger partial charge >= 0.3 is 0 Å². The maximum Gasteiger partial charge on any atom is 0.0640 e. The van der Waals surface area contributed by atoms with Gasteiger partial charge < -0.3 is 0 Å². The third-order valence-corrected chi connectivity index (χ3v) is 5.87. The lowest BCUT2D eigenvalue weighted by Gasteiger charge is -2.26. The minimum atomic E-state index is 0.370. The average molecular weight is 290 g/mol. The molecule has 0 spiro atoms. The Kier molecular flexibility index (Phi) is 4.65. The first-order valence-electron chi connectivity index (χ1n) is 8.69. The van der Waals surface area contributed by atoms with Crippen LogP contribution in [-0.2, 0) is 6.42 Å². The van der Waals surface area contributed by atoms with Crippen molar-refractivity contribution in [2.75, 3.05) is 0 Å². The van der Waals surface area contributed by atoms with E-state index >= 15 is 0 Å². The molecule has 5 atom stereocenters. The molecule has 118 valence electrons. The Morgan fingerprint density at radius 1 is 1.43 bits per heavy atom. The van der Waals surface area contributed by atoms with Gasteiger partial charge in [0.15, 0.2) is 0 Å². The first-order valence-corrected chi connectivity index (χ1v) is 8.69. The Balaban J connectivity index is 1.55. The number of hydrogen-bond donors (Lipinski definition) is 2. The second kappa shape index (κ2) is 6.49. The molecule has 3 rings (SSSR count). The van der Waals surface area contributed by atoms with E-state index < -0.39 is 0 Å². The van der Waals surface area contributed by atoms with Crippen LogP contribution in [0, 0.1) is 17.8 Å². The normalized spacial score (nSPS) is 30.7. The van der Waals surface area contributed by atoms with Crippen LogP contribution in [0.2, 0.25) is 0 Å². The van der Waals surface area contributed by atoms with Crippen molar-refractivity contribution in [3.05, 3.63) is 18.0 Å². The molecule has 1 heterocycles. The second-order valence-electron chi connectivity index (χ2n) is 7.28. The lowest BCUT2D eigenvalue weighted by molar-refractivity contribution is 0.276. The topological polar surface area (TPSA) is 55.9 Å². The average Bonchev–Trinajstić information content (AvgIpc) is 3.21. The molecule has 0 radical (unpaired) electrons. The van der Waals surface area contributed by atoms with Crippen LogP contribution in [0.25, 0.3) is 0 Å². The van der Waals surface area contributed by atoms with Crippen molar-refractivity contribution in [1.29, 1.82) is 0 Å². The summed E-state index contributed by atoms with van der Waals surface area (Å²) in [6, 6.07) is 3.00. The van der Waals surface area contributed by atoms with Crippen LogP contribution in [0.5, 0.6) is 0 Å². The molecular weight excluding hydrogens is 260 g/mol. The van der Waals surface area contributed by atoms with Gasteiger partial charge in [0.2, 0.25) is 0 Å². The highest BCUT2D eigenvalue weighted by Crippen LogP contribution is 2.49. The summed E-state index contributed by atoms with van der Waals surface area (Å²) in [5.41, 5.74) is 4.21. The summed E-state index contributed by atoms with van der Waals surface area (Å²) in [4.78, 5) is 0. The number of nitrogens with one attached hydrogen (secondary N) is 1. The third kappa shape index (κ3) is 3.32. The fraction of sp³-hybridized carbons (Fsp3) is 0.824. The quantitative estimate of drug-likeness (QED) is 0.599. The van der Waals surface area contributed by atoms with Crippen molar-refractivity contribution >= 4 is 0 Å². The number of nitrogens with two attached hydrogens (primary N) is 1. The van der Waals surface area contributed by atoms with Crippen molar-refractivity contribution < 1.29 is 0 Å². The van der Waals surface area contributed by atoms with Crippen LogP contribution in [0.15, 0.2) is 12.3 Å². The molecule has 0 aliphatic heterocycles. The standard InChI is InChI=1S/C17H30N4/c1-3-12(2)21-7-6-16(20-21)11-17(19-18)10-15-9-13-4-5-14(15)8-13/h6-7,12-15,17,19H,3-5,8-11,18H2,1-2H3. The zero-order chi connectivity index (χ0) is 14.8. The molecule has 0 amide bonds. The van der Waals surface area contributed by atoms with Crippen LogP contribution in [0.3, 0.4) is 0 Å². The van der Waals surface area contributed by atoms with E-state index in [1.807, 2.05) is 0 Å². The third-order valence-electron chi connectivity index (χ3n) is 5.87. The second-order valence-corrected chi connectivity index (χ2v) is 7.28. The van der Waals surface area contributed by atoms with Gasteiger partial charge in [0.1, 0.15) is 0 Å². The van der Waals surface area contributed by atoms with Gasteiger partial charge in [-0.15, -0.1) is 0 Å². The molecule has 1 aromatic rings. The van der Waals surface area contributed by atoms with Gasteiger partial charge in [-0.05, 0) is 62.8 Å². The van der Waals surface area contributed by atoms with Gasteiger partial charge in [0.25, 0.3) is 0 Å². The van der Waals surface area contributed by atoms with Gasteiger partial charge in [0, 0.05) is 24.7 Å². The molecule has 4 nitrogen and oxygen atoms in total. The molecular formula is C17H30N4. The first-order chi connectivity index (χ1) is 10.2. The fourth-order valence-electron chi connectivity index (χ4n) is 4.41. The van der Waals surface area contributed by atoms with Crippen molar-refractivity contribution in [3.8, 4) is 0 Å². The molecule has 2 bridgehead atoms. The van der Waals surface area contributed by atoms with Crippen LogP contribution in [0.1, 0.15) is 64.1 Å². The summed E-state index contributed by atoms with van der Waals surface area (Å²) in [5.74, 6) is 8.69. The highest BCUT2D eigenvalue weighted by molar-refractivity contribution is 5.03. The van der Waals surface area contributed by atoms with Crippen molar-refractivity contribution in [2.45, 2.75) is 70.9 Å². The maximum absolute atomic E-state index is 5.81. The van der Waals surface area contributed by atoms with Gasteiger partial charge in [-0.25, -0.2) is 0 Å². The minimum absolute atomic E-state index is 0.370. The van der Waals surface area contributed by atoms with Crippen LogP contribution >= 0.6 is 0 Å². The van der Waals surface area contributed by atoms with E-state index in [4.69, 9.17) is 10.9 Å². The highest BCUT2D eigenvalue weighted by atomic mass is 15.3. The highest BCUT2D eigenvalue weighted by Gasteiger charge is 2.40. The van der Waals surface area contributed by atoms with Gasteiger partial charge in [-0.1, -0.05) is 13.3 Å². The molecule has 2 fully saturated rings. The SMILES string of the molecule is CCC(C)n1ccc(CC(CC2CC3CCC2C3)NN)n1. The molecule has 2 aliphatic carbocycles. The van der Waals surface area contributed by atoms with E-state index in [0.29, 0.717) is 12.1 Å². The monoisotopic (exact) mass is 290 g/mol. The van der Waals surface area contributed by atoms with Crippen molar-refractivity contribution in [2.24, 2.45) is 23.6 Å². The van der Waals surface area contributed by atoms with Gasteiger partial charge in [-0.2, -0.15) is 5.10 Å². The Hall–Kier alpha value is -0.870. The molecule has 0 aromatic carbocycles. The Morgan fingerprint density at radius 2 is 2.29 bits per heavy atom. The van der Waals surface area contributed by atoms with E-state index in [9.17, 15) is 0 Å². The summed E-state index contributed by atoms with van der Waals surface area (Å²) in [5, 5.41) is 4.71. The van der Waals surface area contributed by atoms with Crippen LogP contribution in [-0.4, -0.2) is 15.8 Å². The number of hydrogen-bond acceptors (Lipinski definition) is 3. The maximum atomic E-state index is 5.81. The molecule has 2 aliphatic rings. The Morgan fingerprint density at radius 3 is 2.90 bits per heavy atom. The molecule has 4 heteroatoms. The molecule has 5 unspecified atom stereocenters. The number of nitrogens with zero attached hydrogens (tertiary/aromatic N) is 2. The van der Waals surface area contributed by atoms with E-state index in [1.54, 1.807) is 0 Å². The summed E-state index contributed by atoms with van der Waals surface area (Å²) in [7, 11) is 0. The summed E-state index contributed by atoms with van der Waals surface area (Å²) >= 11 is 0. The van der Waals surface area contributed by atoms with Crippen molar-refractivity contribution in [1.82, 2.24) is 15.2 Å². The van der Waals surface area contributed by atoms with E-state index in [0.717, 1.165) is 30.6 Å². The Bertz CT molecular complexity index is 455. The van der Waals surface area contributed by atoms with E-state index in [2.05, 4.69) is 36.2 Å². The molecule has 21 heavy (non-hydrogen) atoms. The zero-order valence-corrected chi connectivity index (χ0v) is 13.5. The molecule has 0 saturated heterocycles. The van der Waals surface area contributed by atoms with E-state index in [-0.39, 0.29) is 0 Å². The van der Waals surface area contributed by atoms with Crippen molar-refractivity contribution in [3.63, 3.8) is 0 Å². The largest absolute Gasteiger partial charge is 0.271 e.